The van der Waals surface area contributed by atoms with Crippen LogP contribution >= 0.6 is 23.8 Å². The Morgan fingerprint density at radius 2 is 1.76 bits per heavy atom. The van der Waals surface area contributed by atoms with Gasteiger partial charge in [0.15, 0.2) is 5.11 Å². The highest BCUT2D eigenvalue weighted by molar-refractivity contribution is 7.80. The largest absolute Gasteiger partial charge is 0.370 e. The average molecular weight is 548 g/mol. The van der Waals surface area contributed by atoms with Gasteiger partial charge in [-0.2, -0.15) is 0 Å². The van der Waals surface area contributed by atoms with Gasteiger partial charge in [-0.3, -0.25) is 4.98 Å². The number of rotatable bonds is 5. The third kappa shape index (κ3) is 4.93. The van der Waals surface area contributed by atoms with Gasteiger partial charge in [0.25, 0.3) is 0 Å². The van der Waals surface area contributed by atoms with Crippen molar-refractivity contribution in [3.05, 3.63) is 77.3 Å². The van der Waals surface area contributed by atoms with Crippen molar-refractivity contribution in [2.75, 3.05) is 22.9 Å². The number of piperidine rings is 1. The van der Waals surface area contributed by atoms with Crippen LogP contribution in [0.25, 0.3) is 0 Å². The Morgan fingerprint density at radius 3 is 2.47 bits per heavy atom. The lowest BCUT2D eigenvalue weighted by atomic mass is 9.91. The predicted molar refractivity (Wildman–Crippen MR) is 161 cm³/mol. The number of hydrogen-bond donors (Lipinski definition) is 1. The van der Waals surface area contributed by atoms with Crippen molar-refractivity contribution in [3.8, 4) is 0 Å². The third-order valence-corrected chi connectivity index (χ3v) is 9.22. The van der Waals surface area contributed by atoms with Gasteiger partial charge < -0.3 is 19.7 Å². The number of benzene rings is 1. The van der Waals surface area contributed by atoms with Crippen LogP contribution in [0.2, 0.25) is 5.02 Å². The fourth-order valence-electron chi connectivity index (χ4n) is 7.04. The summed E-state index contributed by atoms with van der Waals surface area (Å²) in [6, 6.07) is 17.5. The fourth-order valence-corrected chi connectivity index (χ4v) is 7.68. The number of halogens is 1. The molecule has 5 nitrogen and oxygen atoms in total. The molecule has 1 saturated carbocycles. The molecular weight excluding hydrogens is 510 g/mol. The first kappa shape index (κ1) is 25.7. The standard InChI is InChI=1S/C31H38ClN5S/c1-21-17-22(2)20-35(19-21)27-14-13-24(18-25(27)32)37-30(29(34-31(37)38)26-11-6-7-15-33-26)28-12-8-16-36(28)23-9-4-3-5-10-23/h6-8,11-16,18,21-23,29-30H,3-5,9-10,17,19-20H2,1-2H3,(H,34,38). The second-order valence-electron chi connectivity index (χ2n) is 11.6. The molecule has 0 amide bonds. The normalized spacial score (nSPS) is 26.6. The van der Waals surface area contributed by atoms with Crippen LogP contribution in [0.4, 0.5) is 11.4 Å². The Morgan fingerprint density at radius 1 is 0.974 bits per heavy atom. The molecule has 7 heteroatoms. The lowest BCUT2D eigenvalue weighted by Crippen LogP contribution is -2.39. The first-order valence-corrected chi connectivity index (χ1v) is 15.0. The van der Waals surface area contributed by atoms with E-state index in [1.165, 1.54) is 44.2 Å². The van der Waals surface area contributed by atoms with Crippen molar-refractivity contribution in [1.82, 2.24) is 14.9 Å². The Kier molecular flexibility index (Phi) is 7.37. The van der Waals surface area contributed by atoms with E-state index in [1.807, 2.05) is 12.3 Å². The first-order valence-electron chi connectivity index (χ1n) is 14.2. The molecule has 0 radical (unpaired) electrons. The zero-order valence-electron chi connectivity index (χ0n) is 22.4. The molecule has 4 heterocycles. The van der Waals surface area contributed by atoms with Crippen molar-refractivity contribution in [2.45, 2.75) is 70.5 Å². The van der Waals surface area contributed by atoms with Crippen LogP contribution in [0.1, 0.15) is 81.9 Å². The molecule has 0 spiro atoms. The summed E-state index contributed by atoms with van der Waals surface area (Å²) in [6.45, 7) is 6.77. The maximum absolute atomic E-state index is 7.01. The summed E-state index contributed by atoms with van der Waals surface area (Å²) in [5, 5.41) is 5.12. The van der Waals surface area contributed by atoms with Crippen molar-refractivity contribution in [2.24, 2.45) is 11.8 Å². The molecule has 2 aromatic heterocycles. The second kappa shape index (κ2) is 10.9. The van der Waals surface area contributed by atoms with Gasteiger partial charge in [0.1, 0.15) is 6.04 Å². The van der Waals surface area contributed by atoms with Crippen molar-refractivity contribution >= 4 is 40.3 Å². The lowest BCUT2D eigenvalue weighted by Gasteiger charge is -2.37. The minimum atomic E-state index is -0.0526. The van der Waals surface area contributed by atoms with Gasteiger partial charge in [-0.15, -0.1) is 0 Å². The van der Waals surface area contributed by atoms with Gasteiger partial charge in [0, 0.05) is 42.9 Å². The van der Waals surface area contributed by atoms with Crippen LogP contribution in [0.3, 0.4) is 0 Å². The summed E-state index contributed by atoms with van der Waals surface area (Å²) >= 11 is 13.0. The summed E-state index contributed by atoms with van der Waals surface area (Å²) in [6.07, 6.45) is 11.8. The third-order valence-electron chi connectivity index (χ3n) is 8.60. The molecule has 0 bridgehead atoms. The van der Waals surface area contributed by atoms with Crippen molar-refractivity contribution in [3.63, 3.8) is 0 Å². The van der Waals surface area contributed by atoms with E-state index >= 15 is 0 Å². The van der Waals surface area contributed by atoms with Gasteiger partial charge in [0.05, 0.1) is 22.4 Å². The molecule has 1 aliphatic carbocycles. The first-order chi connectivity index (χ1) is 18.5. The van der Waals surface area contributed by atoms with Gasteiger partial charge >= 0.3 is 0 Å². The number of aromatic nitrogens is 2. The van der Waals surface area contributed by atoms with Gasteiger partial charge in [-0.25, -0.2) is 0 Å². The molecule has 4 atom stereocenters. The van der Waals surface area contributed by atoms with Gasteiger partial charge in [0.2, 0.25) is 0 Å². The van der Waals surface area contributed by atoms with Crippen molar-refractivity contribution < 1.29 is 0 Å². The molecule has 3 fully saturated rings. The van der Waals surface area contributed by atoms with E-state index in [-0.39, 0.29) is 12.1 Å². The maximum atomic E-state index is 7.01. The van der Waals surface area contributed by atoms with Crippen LogP contribution in [-0.4, -0.2) is 27.8 Å². The Balaban J connectivity index is 1.39. The summed E-state index contributed by atoms with van der Waals surface area (Å²) in [5.74, 6) is 1.34. The van der Waals surface area contributed by atoms with Crippen LogP contribution in [0, 0.1) is 11.8 Å². The Bertz CT molecular complexity index is 1260. The zero-order valence-corrected chi connectivity index (χ0v) is 24.0. The monoisotopic (exact) mass is 547 g/mol. The molecule has 2 saturated heterocycles. The minimum Gasteiger partial charge on any atom is -0.370 e. The molecule has 6 rings (SSSR count). The number of hydrogen-bond acceptors (Lipinski definition) is 3. The quantitative estimate of drug-likeness (QED) is 0.331. The molecule has 200 valence electrons. The molecule has 38 heavy (non-hydrogen) atoms. The predicted octanol–water partition coefficient (Wildman–Crippen LogP) is 7.70. The fraction of sp³-hybridized carbons (Fsp3) is 0.484. The summed E-state index contributed by atoms with van der Waals surface area (Å²) in [7, 11) is 0. The van der Waals surface area contributed by atoms with E-state index in [1.54, 1.807) is 0 Å². The second-order valence-corrected chi connectivity index (χ2v) is 12.4. The highest BCUT2D eigenvalue weighted by Gasteiger charge is 2.42. The number of pyridine rings is 1. The van der Waals surface area contributed by atoms with Gasteiger partial charge in [-0.05, 0) is 85.8 Å². The minimum absolute atomic E-state index is 0.0220. The average Bonchev–Trinajstić information content (AvgIpc) is 3.53. The molecule has 3 aromatic rings. The SMILES string of the molecule is CC1CC(C)CN(c2ccc(N3C(=S)NC(c4ccccn4)C3c3cccn3C3CCCCC3)cc2Cl)C1. The highest BCUT2D eigenvalue weighted by atomic mass is 35.5. The van der Waals surface area contributed by atoms with E-state index in [0.717, 1.165) is 35.2 Å². The van der Waals surface area contributed by atoms with Crippen LogP contribution in [0.5, 0.6) is 0 Å². The summed E-state index contributed by atoms with van der Waals surface area (Å²) in [5.41, 5.74) is 4.42. The van der Waals surface area contributed by atoms with Crippen LogP contribution < -0.4 is 15.1 Å². The number of thiocarbonyl (C=S) groups is 1. The maximum Gasteiger partial charge on any atom is 0.174 e. The van der Waals surface area contributed by atoms with Crippen LogP contribution in [0.15, 0.2) is 60.9 Å². The summed E-state index contributed by atoms with van der Waals surface area (Å²) in [4.78, 5) is 9.46. The number of anilines is 2. The molecule has 1 N–H and O–H groups in total. The Labute approximate surface area is 237 Å². The van der Waals surface area contributed by atoms with Crippen molar-refractivity contribution in [1.29, 1.82) is 0 Å². The van der Waals surface area contributed by atoms with E-state index < -0.39 is 0 Å². The topological polar surface area (TPSA) is 36.3 Å². The molecule has 3 aliphatic rings. The smallest absolute Gasteiger partial charge is 0.174 e. The van der Waals surface area contributed by atoms with E-state index in [9.17, 15) is 0 Å². The number of nitrogens with one attached hydrogen (secondary N) is 1. The molecular formula is C31H38ClN5S. The number of nitrogens with zero attached hydrogens (tertiary/aromatic N) is 4. The Hall–Kier alpha value is -2.57. The molecule has 2 aliphatic heterocycles. The zero-order chi connectivity index (χ0) is 26.2. The lowest BCUT2D eigenvalue weighted by molar-refractivity contribution is 0.340. The van der Waals surface area contributed by atoms with E-state index in [2.05, 4.69) is 82.2 Å². The molecule has 1 aromatic carbocycles. The van der Waals surface area contributed by atoms with Crippen LogP contribution in [-0.2, 0) is 0 Å². The van der Waals surface area contributed by atoms with E-state index in [4.69, 9.17) is 28.8 Å². The molecule has 4 unspecified atom stereocenters. The highest BCUT2D eigenvalue weighted by Crippen LogP contribution is 2.45. The van der Waals surface area contributed by atoms with Gasteiger partial charge in [-0.1, -0.05) is 50.8 Å². The summed E-state index contributed by atoms with van der Waals surface area (Å²) < 4.78 is 2.51. The van der Waals surface area contributed by atoms with E-state index in [0.29, 0.717) is 23.0 Å².